The standard InChI is InChI=1S/C18H19ClN2O2/c1-11-8-13(22)9-14(19)18(11)15(20)10-17(23)21-7-6-12-4-2-3-5-16(12)21/h2-5,8-9,15,22H,6-7,10,20H2,1H3. The van der Waals surface area contributed by atoms with Crippen molar-refractivity contribution in [2.75, 3.05) is 11.4 Å². The van der Waals surface area contributed by atoms with E-state index < -0.39 is 6.04 Å². The summed E-state index contributed by atoms with van der Waals surface area (Å²) in [6, 6.07) is 10.5. The molecular weight excluding hydrogens is 312 g/mol. The quantitative estimate of drug-likeness (QED) is 0.907. The molecule has 1 atom stereocenters. The van der Waals surface area contributed by atoms with E-state index in [0.29, 0.717) is 17.1 Å². The smallest absolute Gasteiger partial charge is 0.228 e. The summed E-state index contributed by atoms with van der Waals surface area (Å²) in [7, 11) is 0. The summed E-state index contributed by atoms with van der Waals surface area (Å²) in [5.41, 5.74) is 9.88. The highest BCUT2D eigenvalue weighted by atomic mass is 35.5. The number of amides is 1. The number of nitrogens with zero attached hydrogens (tertiary/aromatic N) is 1. The monoisotopic (exact) mass is 330 g/mol. The van der Waals surface area contributed by atoms with E-state index in [0.717, 1.165) is 17.7 Å². The fraction of sp³-hybridized carbons (Fsp3) is 0.278. The molecule has 3 rings (SSSR count). The molecule has 120 valence electrons. The molecule has 0 spiro atoms. The summed E-state index contributed by atoms with van der Waals surface area (Å²) < 4.78 is 0. The van der Waals surface area contributed by atoms with Gasteiger partial charge < -0.3 is 15.7 Å². The topological polar surface area (TPSA) is 66.6 Å². The van der Waals surface area contributed by atoms with Crippen molar-refractivity contribution in [1.82, 2.24) is 0 Å². The Morgan fingerprint density at radius 3 is 2.87 bits per heavy atom. The number of hydrogen-bond donors (Lipinski definition) is 2. The van der Waals surface area contributed by atoms with E-state index >= 15 is 0 Å². The molecule has 0 aromatic heterocycles. The largest absolute Gasteiger partial charge is 0.508 e. The third-order valence-electron chi connectivity index (χ3n) is 4.27. The van der Waals surface area contributed by atoms with Crippen molar-refractivity contribution < 1.29 is 9.90 Å². The predicted octanol–water partition coefficient (Wildman–Crippen LogP) is 3.33. The number of fused-ring (bicyclic) bond motifs is 1. The first-order valence-corrected chi connectivity index (χ1v) is 7.98. The van der Waals surface area contributed by atoms with Crippen LogP contribution in [-0.2, 0) is 11.2 Å². The van der Waals surface area contributed by atoms with Crippen LogP contribution < -0.4 is 10.6 Å². The maximum absolute atomic E-state index is 12.6. The first-order chi connectivity index (χ1) is 11.0. The number of aryl methyl sites for hydroxylation is 1. The molecule has 1 heterocycles. The maximum Gasteiger partial charge on any atom is 0.228 e. The fourth-order valence-corrected chi connectivity index (χ4v) is 3.61. The van der Waals surface area contributed by atoms with Crippen LogP contribution in [0.5, 0.6) is 5.75 Å². The van der Waals surface area contributed by atoms with Gasteiger partial charge in [-0.2, -0.15) is 0 Å². The zero-order chi connectivity index (χ0) is 16.6. The molecule has 3 N–H and O–H groups in total. The second kappa shape index (κ2) is 6.22. The molecule has 0 saturated carbocycles. The van der Waals surface area contributed by atoms with Crippen LogP contribution in [-0.4, -0.2) is 17.6 Å². The molecule has 1 amide bonds. The Balaban J connectivity index is 1.79. The number of rotatable bonds is 3. The minimum atomic E-state index is -0.497. The summed E-state index contributed by atoms with van der Waals surface area (Å²) in [6.07, 6.45) is 1.05. The normalized spacial score (nSPS) is 14.7. The van der Waals surface area contributed by atoms with Crippen LogP contribution in [0.25, 0.3) is 0 Å². The van der Waals surface area contributed by atoms with Crippen molar-refractivity contribution in [3.05, 3.63) is 58.1 Å². The predicted molar refractivity (Wildman–Crippen MR) is 91.9 cm³/mol. The molecule has 0 bridgehead atoms. The van der Waals surface area contributed by atoms with E-state index in [4.69, 9.17) is 17.3 Å². The minimum Gasteiger partial charge on any atom is -0.508 e. The molecule has 5 heteroatoms. The Kier molecular flexibility index (Phi) is 4.28. The van der Waals surface area contributed by atoms with Gasteiger partial charge >= 0.3 is 0 Å². The van der Waals surface area contributed by atoms with E-state index in [1.165, 1.54) is 11.6 Å². The van der Waals surface area contributed by atoms with Gasteiger partial charge in [-0.15, -0.1) is 0 Å². The van der Waals surface area contributed by atoms with Gasteiger partial charge in [0.1, 0.15) is 5.75 Å². The molecule has 2 aromatic rings. The van der Waals surface area contributed by atoms with Crippen molar-refractivity contribution in [1.29, 1.82) is 0 Å². The Labute approximate surface area is 140 Å². The SMILES string of the molecule is Cc1cc(O)cc(Cl)c1C(N)CC(=O)N1CCc2ccccc21. The third-order valence-corrected chi connectivity index (χ3v) is 4.59. The van der Waals surface area contributed by atoms with Crippen LogP contribution in [0.2, 0.25) is 5.02 Å². The molecule has 0 radical (unpaired) electrons. The van der Waals surface area contributed by atoms with Crippen LogP contribution in [0.4, 0.5) is 5.69 Å². The van der Waals surface area contributed by atoms with Gasteiger partial charge in [0.25, 0.3) is 0 Å². The molecule has 1 unspecified atom stereocenters. The summed E-state index contributed by atoms with van der Waals surface area (Å²) in [5.74, 6) is 0.0919. The molecule has 2 aromatic carbocycles. The number of hydrogen-bond acceptors (Lipinski definition) is 3. The van der Waals surface area contributed by atoms with Crippen molar-refractivity contribution in [3.63, 3.8) is 0 Å². The number of nitrogens with two attached hydrogens (primary N) is 1. The summed E-state index contributed by atoms with van der Waals surface area (Å²) >= 11 is 6.19. The van der Waals surface area contributed by atoms with Gasteiger partial charge in [-0.1, -0.05) is 29.8 Å². The molecule has 0 saturated heterocycles. The molecular formula is C18H19ClN2O2. The van der Waals surface area contributed by atoms with E-state index in [9.17, 15) is 9.90 Å². The van der Waals surface area contributed by atoms with Crippen LogP contribution >= 0.6 is 11.6 Å². The Morgan fingerprint density at radius 2 is 2.13 bits per heavy atom. The number of phenols is 1. The van der Waals surface area contributed by atoms with Crippen LogP contribution in [0.1, 0.15) is 29.2 Å². The molecule has 0 aliphatic carbocycles. The van der Waals surface area contributed by atoms with Gasteiger partial charge in [-0.05, 0) is 48.2 Å². The highest BCUT2D eigenvalue weighted by Crippen LogP contribution is 2.33. The van der Waals surface area contributed by atoms with Crippen LogP contribution in [0.3, 0.4) is 0 Å². The highest BCUT2D eigenvalue weighted by Gasteiger charge is 2.26. The third kappa shape index (κ3) is 3.05. The fourth-order valence-electron chi connectivity index (χ4n) is 3.20. The van der Waals surface area contributed by atoms with Crippen LogP contribution in [0.15, 0.2) is 36.4 Å². The lowest BCUT2D eigenvalue weighted by Crippen LogP contribution is -2.32. The average molecular weight is 331 g/mol. The van der Waals surface area contributed by atoms with E-state index in [2.05, 4.69) is 0 Å². The van der Waals surface area contributed by atoms with Gasteiger partial charge in [0, 0.05) is 29.7 Å². The lowest BCUT2D eigenvalue weighted by atomic mass is 9.98. The summed E-state index contributed by atoms with van der Waals surface area (Å²) in [5, 5.41) is 9.96. The number of halogens is 1. The number of phenolic OH excluding ortho intramolecular Hbond substituents is 1. The van der Waals surface area contributed by atoms with Gasteiger partial charge in [-0.25, -0.2) is 0 Å². The zero-order valence-corrected chi connectivity index (χ0v) is 13.7. The number of aromatic hydroxyl groups is 1. The first kappa shape index (κ1) is 15.8. The molecule has 1 aliphatic rings. The van der Waals surface area contributed by atoms with E-state index in [1.807, 2.05) is 31.2 Å². The van der Waals surface area contributed by atoms with Gasteiger partial charge in [0.05, 0.1) is 0 Å². The minimum absolute atomic E-state index is 0.00834. The number of anilines is 1. The summed E-state index contributed by atoms with van der Waals surface area (Å²) in [6.45, 7) is 2.52. The Morgan fingerprint density at radius 1 is 1.39 bits per heavy atom. The number of carbonyl (C=O) groups excluding carboxylic acids is 1. The maximum atomic E-state index is 12.6. The van der Waals surface area contributed by atoms with Crippen LogP contribution in [0, 0.1) is 6.92 Å². The van der Waals surface area contributed by atoms with Gasteiger partial charge in [0.15, 0.2) is 0 Å². The second-order valence-electron chi connectivity index (χ2n) is 5.89. The van der Waals surface area contributed by atoms with Crippen molar-refractivity contribution in [2.24, 2.45) is 5.73 Å². The number of para-hydroxylation sites is 1. The lowest BCUT2D eigenvalue weighted by molar-refractivity contribution is -0.118. The Bertz CT molecular complexity index is 737. The molecule has 1 aliphatic heterocycles. The molecule has 0 fully saturated rings. The Hall–Kier alpha value is -2.04. The van der Waals surface area contributed by atoms with Crippen molar-refractivity contribution in [3.8, 4) is 5.75 Å². The first-order valence-electron chi connectivity index (χ1n) is 7.60. The average Bonchev–Trinajstić information content (AvgIpc) is 2.89. The van der Waals surface area contributed by atoms with Gasteiger partial charge in [-0.3, -0.25) is 4.79 Å². The van der Waals surface area contributed by atoms with E-state index in [1.54, 1.807) is 11.0 Å². The van der Waals surface area contributed by atoms with Gasteiger partial charge in [0.2, 0.25) is 5.91 Å². The van der Waals surface area contributed by atoms with Crippen molar-refractivity contribution in [2.45, 2.75) is 25.8 Å². The zero-order valence-electron chi connectivity index (χ0n) is 12.9. The highest BCUT2D eigenvalue weighted by molar-refractivity contribution is 6.31. The lowest BCUT2D eigenvalue weighted by Gasteiger charge is -2.21. The number of benzene rings is 2. The van der Waals surface area contributed by atoms with Crippen molar-refractivity contribution >= 4 is 23.2 Å². The molecule has 23 heavy (non-hydrogen) atoms. The van der Waals surface area contributed by atoms with E-state index in [-0.39, 0.29) is 18.1 Å². The molecule has 4 nitrogen and oxygen atoms in total. The second-order valence-corrected chi connectivity index (χ2v) is 6.30. The summed E-state index contributed by atoms with van der Waals surface area (Å²) in [4.78, 5) is 14.4. The number of carbonyl (C=O) groups is 1.